The average Bonchev–Trinajstić information content (AvgIpc) is 3.18. The molecule has 0 spiro atoms. The van der Waals surface area contributed by atoms with Gasteiger partial charge in [-0.25, -0.2) is 20.1 Å². The maximum absolute atomic E-state index is 9.60. The zero-order valence-corrected chi connectivity index (χ0v) is 33.1. The Hall–Kier alpha value is -5.92. The molecule has 0 aliphatic carbocycles. The van der Waals surface area contributed by atoms with Gasteiger partial charge in [-0.05, 0) is 178 Å². The molecule has 4 nitrogen and oxygen atoms in total. The molecule has 0 atom stereocenters. The lowest BCUT2D eigenvalue weighted by molar-refractivity contribution is 1.27. The molecule has 0 N–H and O–H groups in total. The fourth-order valence-electron chi connectivity index (χ4n) is 7.39. The van der Waals surface area contributed by atoms with Gasteiger partial charge in [0.1, 0.15) is 0 Å². The van der Waals surface area contributed by atoms with Gasteiger partial charge < -0.3 is 9.80 Å². The maximum Gasteiger partial charge on any atom is 0.0991 e. The van der Waals surface area contributed by atoms with Crippen molar-refractivity contribution in [1.29, 1.82) is 10.5 Å². The Morgan fingerprint density at radius 3 is 0.963 bits per heavy atom. The molecule has 266 valence electrons. The van der Waals surface area contributed by atoms with Gasteiger partial charge in [-0.15, -0.1) is 0 Å². The second-order valence-corrected chi connectivity index (χ2v) is 23.5. The number of hydrogen-bond donors (Lipinski definition) is 0. The molecule has 0 fully saturated rings. The maximum atomic E-state index is 9.60. The summed E-state index contributed by atoms with van der Waals surface area (Å²) >= 11 is 0. The van der Waals surface area contributed by atoms with E-state index < -0.39 is 20.1 Å². The van der Waals surface area contributed by atoms with E-state index in [0.717, 1.165) is 44.9 Å². The first-order valence-electron chi connectivity index (χ1n) is 17.8. The molecule has 8 aromatic carbocycles. The Balaban J connectivity index is 1.36. The van der Waals surface area contributed by atoms with Crippen molar-refractivity contribution in [3.63, 3.8) is 0 Å². The van der Waals surface area contributed by atoms with E-state index in [9.17, 15) is 10.5 Å². The quantitative estimate of drug-likeness (QED) is 0.146. The van der Waals surface area contributed by atoms with Crippen LogP contribution in [0.1, 0.15) is 11.1 Å². The molecule has 0 bridgehead atoms. The van der Waals surface area contributed by atoms with Crippen LogP contribution in [0.25, 0.3) is 32.3 Å². The average molecular weight is 739 g/mol. The third-order valence-electron chi connectivity index (χ3n) is 10.2. The van der Waals surface area contributed by atoms with Gasteiger partial charge in [0.15, 0.2) is 0 Å². The highest BCUT2D eigenvalue weighted by Crippen LogP contribution is 2.50. The zero-order chi connectivity index (χ0) is 37.8. The van der Waals surface area contributed by atoms with Crippen molar-refractivity contribution in [1.82, 2.24) is 0 Å². The van der Waals surface area contributed by atoms with E-state index in [2.05, 4.69) is 157 Å². The number of nitrogens with zero attached hydrogens (tertiary/aromatic N) is 4. The van der Waals surface area contributed by atoms with Crippen LogP contribution in [0.5, 0.6) is 0 Å². The second kappa shape index (κ2) is 13.5. The van der Waals surface area contributed by atoms with Crippen LogP contribution in [0.2, 0.25) is 0 Å². The summed E-state index contributed by atoms with van der Waals surface area (Å²) in [5.74, 6) is 0. The number of rotatable bonds is 8. The first-order valence-corrected chi connectivity index (χ1v) is 23.5. The molecule has 0 aliphatic rings. The Bertz CT molecular complexity index is 2530. The summed E-state index contributed by atoms with van der Waals surface area (Å²) in [6, 6.07) is 56.2. The first-order chi connectivity index (χ1) is 25.9. The van der Waals surface area contributed by atoms with Crippen LogP contribution in [0, 0.1) is 22.7 Å². The smallest absolute Gasteiger partial charge is 0.0991 e. The summed E-state index contributed by atoms with van der Waals surface area (Å²) in [4.78, 5) is 7.35. The number of benzene rings is 8. The highest BCUT2D eigenvalue weighted by molar-refractivity contribution is 8.32. The van der Waals surface area contributed by atoms with Crippen molar-refractivity contribution in [2.75, 3.05) is 47.3 Å². The molecule has 0 saturated carbocycles. The van der Waals surface area contributed by atoms with Crippen LogP contribution >= 0.6 is 20.1 Å². The SMILES string of the molecule is CS(C)(C)c1ccc(N(c2ccc(C#N)cc2)c2ccc3ccc4c(N(c5ccc(C#N)cc5)c5ccc(S(C)(C)C)cc5)ccc5ccc2c3c54)cc1. The van der Waals surface area contributed by atoms with E-state index in [-0.39, 0.29) is 0 Å². The molecule has 8 aromatic rings. The van der Waals surface area contributed by atoms with Gasteiger partial charge in [-0.2, -0.15) is 10.5 Å². The fraction of sp³-hybridized carbons (Fsp3) is 0.125. The minimum absolute atomic E-state index is 0.634. The lowest BCUT2D eigenvalue weighted by Crippen LogP contribution is -2.12. The van der Waals surface area contributed by atoms with E-state index in [1.54, 1.807) is 0 Å². The minimum atomic E-state index is -0.889. The second-order valence-electron chi connectivity index (χ2n) is 15.2. The zero-order valence-electron chi connectivity index (χ0n) is 31.5. The number of anilines is 6. The van der Waals surface area contributed by atoms with Crippen molar-refractivity contribution < 1.29 is 0 Å². The molecule has 0 radical (unpaired) electrons. The molecule has 54 heavy (non-hydrogen) atoms. The van der Waals surface area contributed by atoms with E-state index in [4.69, 9.17) is 0 Å². The van der Waals surface area contributed by atoms with Gasteiger partial charge in [0, 0.05) is 33.5 Å². The topological polar surface area (TPSA) is 54.1 Å². The third kappa shape index (κ3) is 6.28. The number of nitriles is 2. The Morgan fingerprint density at radius 1 is 0.370 bits per heavy atom. The van der Waals surface area contributed by atoms with Gasteiger partial charge in [-0.3, -0.25) is 0 Å². The van der Waals surface area contributed by atoms with Crippen molar-refractivity contribution in [3.8, 4) is 12.1 Å². The summed E-state index contributed by atoms with van der Waals surface area (Å²) < 4.78 is 0. The first kappa shape index (κ1) is 35.1. The van der Waals surface area contributed by atoms with E-state index >= 15 is 0 Å². The lowest BCUT2D eigenvalue weighted by Gasteiger charge is -2.31. The summed E-state index contributed by atoms with van der Waals surface area (Å²) in [6.45, 7) is 0. The van der Waals surface area contributed by atoms with Crippen LogP contribution in [-0.4, -0.2) is 37.5 Å². The largest absolute Gasteiger partial charge is 0.310 e. The van der Waals surface area contributed by atoms with Crippen LogP contribution in [0.3, 0.4) is 0 Å². The monoisotopic (exact) mass is 738 g/mol. The van der Waals surface area contributed by atoms with Crippen LogP contribution in [0.4, 0.5) is 34.1 Å². The van der Waals surface area contributed by atoms with E-state index in [1.165, 1.54) is 31.3 Å². The van der Waals surface area contributed by atoms with Crippen LogP contribution in [0.15, 0.2) is 155 Å². The molecule has 0 aromatic heterocycles. The van der Waals surface area contributed by atoms with Gasteiger partial charge in [0.2, 0.25) is 0 Å². The number of hydrogen-bond acceptors (Lipinski definition) is 4. The molecule has 8 rings (SSSR count). The Labute approximate surface area is 321 Å². The summed E-state index contributed by atoms with van der Waals surface area (Å²) in [7, 11) is -1.78. The Morgan fingerprint density at radius 2 is 0.667 bits per heavy atom. The molecule has 0 heterocycles. The summed E-state index contributed by atoms with van der Waals surface area (Å²) in [5.41, 5.74) is 7.54. The molecule has 0 aliphatic heterocycles. The molecular formula is C48H42N4S2. The molecular weight excluding hydrogens is 697 g/mol. The molecule has 0 saturated heterocycles. The van der Waals surface area contributed by atoms with Gasteiger partial charge in [0.25, 0.3) is 0 Å². The van der Waals surface area contributed by atoms with Gasteiger partial charge in [0.05, 0.1) is 34.6 Å². The normalized spacial score (nSPS) is 12.4. The summed E-state index contributed by atoms with van der Waals surface area (Å²) in [6.07, 6.45) is 13.9. The van der Waals surface area contributed by atoms with Crippen molar-refractivity contribution in [2.24, 2.45) is 0 Å². The van der Waals surface area contributed by atoms with Crippen LogP contribution < -0.4 is 9.80 Å². The Kier molecular flexibility index (Phi) is 8.78. The van der Waals surface area contributed by atoms with E-state index in [0.29, 0.717) is 11.1 Å². The lowest BCUT2D eigenvalue weighted by atomic mass is 9.91. The highest BCUT2D eigenvalue weighted by atomic mass is 32.3. The predicted molar refractivity (Wildman–Crippen MR) is 236 cm³/mol. The molecule has 0 unspecified atom stereocenters. The minimum Gasteiger partial charge on any atom is -0.310 e. The van der Waals surface area contributed by atoms with Crippen molar-refractivity contribution >= 4 is 86.5 Å². The van der Waals surface area contributed by atoms with Crippen molar-refractivity contribution in [3.05, 3.63) is 157 Å². The fourth-order valence-corrected chi connectivity index (χ4v) is 9.30. The van der Waals surface area contributed by atoms with Crippen molar-refractivity contribution in [2.45, 2.75) is 9.79 Å². The van der Waals surface area contributed by atoms with Crippen LogP contribution in [-0.2, 0) is 0 Å². The standard InChI is InChI=1S/C48H42N4S2/c1-53(2,3)41-23-19-39(20-24-41)51(37-15-7-33(31-49)8-16-37)45-29-13-35-12-28-44-46(30-14-36-11-27-43(45)47(35)48(36)44)52(38-17-9-34(32-50)10-18-38)40-21-25-42(26-22-40)54(4,5)6/h7-30H,1-6H3. The van der Waals surface area contributed by atoms with Gasteiger partial charge >= 0.3 is 0 Å². The third-order valence-corrected chi connectivity index (χ3v) is 13.6. The van der Waals surface area contributed by atoms with E-state index in [1.807, 2.05) is 48.5 Å². The summed E-state index contributed by atoms with van der Waals surface area (Å²) in [5, 5.41) is 26.3. The predicted octanol–water partition coefficient (Wildman–Crippen LogP) is 13.4. The molecule has 6 heteroatoms. The van der Waals surface area contributed by atoms with Gasteiger partial charge in [-0.1, -0.05) is 36.4 Å². The molecule has 0 amide bonds. The highest BCUT2D eigenvalue weighted by Gasteiger charge is 2.22.